The summed E-state index contributed by atoms with van der Waals surface area (Å²) in [5.74, 6) is -1.24. The molecule has 1 atom stereocenters. The summed E-state index contributed by atoms with van der Waals surface area (Å²) < 4.78 is 9.86. The predicted molar refractivity (Wildman–Crippen MR) is 73.4 cm³/mol. The second kappa shape index (κ2) is 6.39. The summed E-state index contributed by atoms with van der Waals surface area (Å²) in [6.07, 6.45) is 0.319. The Kier molecular flexibility index (Phi) is 4.36. The molecule has 21 heavy (non-hydrogen) atoms. The molecule has 2 aromatic rings. The van der Waals surface area contributed by atoms with E-state index in [9.17, 15) is 9.59 Å². The van der Waals surface area contributed by atoms with Gasteiger partial charge in [-0.15, -0.1) is 0 Å². The van der Waals surface area contributed by atoms with E-state index in [2.05, 4.69) is 5.32 Å². The van der Waals surface area contributed by atoms with E-state index in [1.807, 2.05) is 6.07 Å². The summed E-state index contributed by atoms with van der Waals surface area (Å²) in [5, 5.41) is 11.5. The minimum Gasteiger partial charge on any atom is -0.457 e. The normalized spacial score (nSPS) is 11.2. The van der Waals surface area contributed by atoms with E-state index in [4.69, 9.17) is 14.4 Å². The molecule has 0 bridgehead atoms. The fraction of sp³-hybridized carbons (Fsp3) is 0.133. The summed E-state index contributed by atoms with van der Waals surface area (Å²) in [7, 11) is 0. The Morgan fingerprint density at radius 1 is 1.29 bits per heavy atom. The van der Waals surface area contributed by atoms with Crippen LogP contribution in [0.1, 0.15) is 23.0 Å². The number of amides is 1. The van der Waals surface area contributed by atoms with Gasteiger partial charge in [0.2, 0.25) is 5.76 Å². The first kappa shape index (κ1) is 14.3. The molecule has 0 spiro atoms. The van der Waals surface area contributed by atoms with Crippen LogP contribution in [0.15, 0.2) is 47.1 Å². The van der Waals surface area contributed by atoms with Crippen LogP contribution in [0, 0.1) is 11.3 Å². The van der Waals surface area contributed by atoms with Gasteiger partial charge in [0.05, 0.1) is 17.5 Å². The van der Waals surface area contributed by atoms with Gasteiger partial charge < -0.3 is 14.5 Å². The number of nitrogens with one attached hydrogen (secondary N) is 1. The number of benzene rings is 1. The highest BCUT2D eigenvalue weighted by Crippen LogP contribution is 2.14. The lowest BCUT2D eigenvalue weighted by Gasteiger charge is -2.13. The second-order valence-corrected chi connectivity index (χ2v) is 4.17. The molecule has 0 aliphatic carbocycles. The third kappa shape index (κ3) is 3.48. The number of nitriles is 1. The number of carbonyl (C=O) groups is 2. The number of hydrogen-bond acceptors (Lipinski definition) is 5. The van der Waals surface area contributed by atoms with Crippen LogP contribution >= 0.6 is 0 Å². The number of para-hydroxylation sites is 1. The van der Waals surface area contributed by atoms with Gasteiger partial charge in [-0.05, 0) is 31.2 Å². The molecule has 1 aromatic heterocycles. The standard InChI is InChI=1S/C15H12N2O4/c1-10(21-15(19)13-7-4-8-20-13)14(18)17-12-6-3-2-5-11(12)9-16/h2-8,10H,1H3,(H,17,18). The van der Waals surface area contributed by atoms with Crippen molar-refractivity contribution in [2.24, 2.45) is 0 Å². The van der Waals surface area contributed by atoms with Crippen molar-refractivity contribution in [1.82, 2.24) is 0 Å². The molecule has 2 rings (SSSR count). The summed E-state index contributed by atoms with van der Waals surface area (Å²) in [6.45, 7) is 1.44. The lowest BCUT2D eigenvalue weighted by molar-refractivity contribution is -0.123. The van der Waals surface area contributed by atoms with E-state index in [1.54, 1.807) is 30.3 Å². The first-order valence-electron chi connectivity index (χ1n) is 6.16. The van der Waals surface area contributed by atoms with Crippen molar-refractivity contribution in [3.8, 4) is 6.07 Å². The van der Waals surface area contributed by atoms with Crippen LogP contribution < -0.4 is 5.32 Å². The molecule has 0 saturated heterocycles. The molecule has 0 saturated carbocycles. The molecule has 1 unspecified atom stereocenters. The van der Waals surface area contributed by atoms with Crippen LogP contribution in [0.3, 0.4) is 0 Å². The second-order valence-electron chi connectivity index (χ2n) is 4.17. The van der Waals surface area contributed by atoms with Gasteiger partial charge in [-0.1, -0.05) is 12.1 Å². The molecule has 0 aliphatic heterocycles. The summed E-state index contributed by atoms with van der Waals surface area (Å²) in [4.78, 5) is 23.6. The third-order valence-corrected chi connectivity index (χ3v) is 2.68. The molecular formula is C15H12N2O4. The molecule has 1 amide bonds. The van der Waals surface area contributed by atoms with Crippen molar-refractivity contribution < 1.29 is 18.7 Å². The number of anilines is 1. The third-order valence-electron chi connectivity index (χ3n) is 2.68. The zero-order valence-corrected chi connectivity index (χ0v) is 11.2. The minimum atomic E-state index is -1.02. The summed E-state index contributed by atoms with van der Waals surface area (Å²) in [6, 6.07) is 11.5. The van der Waals surface area contributed by atoms with Crippen molar-refractivity contribution in [2.45, 2.75) is 13.0 Å². The first-order valence-corrected chi connectivity index (χ1v) is 6.16. The fourth-order valence-corrected chi connectivity index (χ4v) is 1.59. The van der Waals surface area contributed by atoms with Crippen LogP contribution in [0.4, 0.5) is 5.69 Å². The van der Waals surface area contributed by atoms with Crippen molar-refractivity contribution >= 4 is 17.6 Å². The van der Waals surface area contributed by atoms with Gasteiger partial charge in [-0.2, -0.15) is 5.26 Å². The van der Waals surface area contributed by atoms with Gasteiger partial charge in [0.1, 0.15) is 6.07 Å². The van der Waals surface area contributed by atoms with Gasteiger partial charge in [-0.25, -0.2) is 4.79 Å². The minimum absolute atomic E-state index is 0.0204. The number of carbonyl (C=O) groups excluding carboxylic acids is 2. The van der Waals surface area contributed by atoms with E-state index in [0.29, 0.717) is 11.3 Å². The Balaban J connectivity index is 2.00. The molecule has 1 heterocycles. The first-order chi connectivity index (χ1) is 10.1. The predicted octanol–water partition coefficient (Wildman–Crippen LogP) is 2.34. The smallest absolute Gasteiger partial charge is 0.374 e. The zero-order chi connectivity index (χ0) is 15.2. The molecule has 0 fully saturated rings. The van der Waals surface area contributed by atoms with Gasteiger partial charge in [-0.3, -0.25) is 4.79 Å². The van der Waals surface area contributed by atoms with E-state index in [0.717, 1.165) is 0 Å². The lowest BCUT2D eigenvalue weighted by Crippen LogP contribution is -2.30. The van der Waals surface area contributed by atoms with Crippen LogP contribution in [0.5, 0.6) is 0 Å². The van der Waals surface area contributed by atoms with Gasteiger partial charge in [0, 0.05) is 0 Å². The average Bonchev–Trinajstić information content (AvgIpc) is 3.02. The van der Waals surface area contributed by atoms with Crippen LogP contribution in [0.25, 0.3) is 0 Å². The maximum Gasteiger partial charge on any atom is 0.374 e. The molecule has 6 nitrogen and oxygen atoms in total. The Morgan fingerprint density at radius 2 is 2.05 bits per heavy atom. The molecule has 106 valence electrons. The van der Waals surface area contributed by atoms with Gasteiger partial charge in [0.25, 0.3) is 5.91 Å². The van der Waals surface area contributed by atoms with Gasteiger partial charge in [0.15, 0.2) is 6.10 Å². The van der Waals surface area contributed by atoms with E-state index in [-0.39, 0.29) is 5.76 Å². The van der Waals surface area contributed by atoms with Crippen LogP contribution in [0.2, 0.25) is 0 Å². The van der Waals surface area contributed by atoms with Crippen LogP contribution in [-0.2, 0) is 9.53 Å². The van der Waals surface area contributed by atoms with E-state index in [1.165, 1.54) is 19.3 Å². The number of hydrogen-bond donors (Lipinski definition) is 1. The van der Waals surface area contributed by atoms with Gasteiger partial charge >= 0.3 is 5.97 Å². The number of esters is 1. The molecule has 1 N–H and O–H groups in total. The average molecular weight is 284 g/mol. The number of furan rings is 1. The molecule has 6 heteroatoms. The van der Waals surface area contributed by atoms with E-state index >= 15 is 0 Å². The Labute approximate surface area is 120 Å². The molecule has 0 radical (unpaired) electrons. The number of rotatable bonds is 4. The maximum atomic E-state index is 12.0. The van der Waals surface area contributed by atoms with Crippen molar-refractivity contribution in [2.75, 3.05) is 5.32 Å². The largest absolute Gasteiger partial charge is 0.457 e. The summed E-state index contributed by atoms with van der Waals surface area (Å²) >= 11 is 0. The highest BCUT2D eigenvalue weighted by atomic mass is 16.6. The quantitative estimate of drug-likeness (QED) is 0.870. The van der Waals surface area contributed by atoms with Crippen molar-refractivity contribution in [1.29, 1.82) is 5.26 Å². The molecule has 1 aromatic carbocycles. The highest BCUT2D eigenvalue weighted by molar-refractivity contribution is 5.97. The van der Waals surface area contributed by atoms with Crippen LogP contribution in [-0.4, -0.2) is 18.0 Å². The SMILES string of the molecule is CC(OC(=O)c1ccco1)C(=O)Nc1ccccc1C#N. The Hall–Kier alpha value is -3.07. The Morgan fingerprint density at radius 3 is 2.71 bits per heavy atom. The molecule has 0 aliphatic rings. The Bertz CT molecular complexity index is 686. The summed E-state index contributed by atoms with van der Waals surface area (Å²) in [5.41, 5.74) is 0.696. The van der Waals surface area contributed by atoms with Crippen molar-refractivity contribution in [3.05, 3.63) is 54.0 Å². The topological polar surface area (TPSA) is 92.3 Å². The zero-order valence-electron chi connectivity index (χ0n) is 11.2. The monoisotopic (exact) mass is 284 g/mol. The molecular weight excluding hydrogens is 272 g/mol. The van der Waals surface area contributed by atoms with Crippen molar-refractivity contribution in [3.63, 3.8) is 0 Å². The van der Waals surface area contributed by atoms with E-state index < -0.39 is 18.0 Å². The maximum absolute atomic E-state index is 12.0. The fourth-order valence-electron chi connectivity index (χ4n) is 1.59. The highest BCUT2D eigenvalue weighted by Gasteiger charge is 2.21. The lowest BCUT2D eigenvalue weighted by atomic mass is 10.2. The number of nitrogens with zero attached hydrogens (tertiary/aromatic N) is 1. The number of ether oxygens (including phenoxy) is 1.